The Bertz CT molecular complexity index is 614. The van der Waals surface area contributed by atoms with Crippen molar-refractivity contribution in [3.63, 3.8) is 0 Å². The third-order valence-corrected chi connectivity index (χ3v) is 3.47. The molecule has 1 aliphatic carbocycles. The van der Waals surface area contributed by atoms with Crippen LogP contribution in [0.3, 0.4) is 0 Å². The Morgan fingerprint density at radius 1 is 1.40 bits per heavy atom. The molecule has 0 N–H and O–H groups in total. The van der Waals surface area contributed by atoms with Gasteiger partial charge in [-0.05, 0) is 12.5 Å². The maximum atomic E-state index is 12.6. The van der Waals surface area contributed by atoms with Crippen LogP contribution in [0.15, 0.2) is 36.6 Å². The average Bonchev–Trinajstić information content (AvgIpc) is 2.39. The highest BCUT2D eigenvalue weighted by atomic mass is 35.5. The molecule has 6 heteroatoms. The normalized spacial score (nSPS) is 21.8. The highest BCUT2D eigenvalue weighted by molar-refractivity contribution is 6.31. The van der Waals surface area contributed by atoms with Gasteiger partial charge in [0.25, 0.3) is 0 Å². The molecule has 0 bridgehead atoms. The zero-order valence-corrected chi connectivity index (χ0v) is 11.0. The van der Waals surface area contributed by atoms with Crippen LogP contribution in [0.1, 0.15) is 24.1 Å². The summed E-state index contributed by atoms with van der Waals surface area (Å²) in [7, 11) is 0. The van der Waals surface area contributed by atoms with E-state index in [9.17, 15) is 13.2 Å². The van der Waals surface area contributed by atoms with E-state index in [1.165, 1.54) is 0 Å². The molecule has 0 aromatic carbocycles. The van der Waals surface area contributed by atoms with E-state index >= 15 is 0 Å². The lowest BCUT2D eigenvalue weighted by atomic mass is 9.76. The van der Waals surface area contributed by atoms with Gasteiger partial charge >= 0.3 is 6.18 Å². The number of aromatic nitrogens is 1. The van der Waals surface area contributed by atoms with Gasteiger partial charge in [-0.25, -0.2) is 0 Å². The van der Waals surface area contributed by atoms with Crippen LogP contribution < -0.4 is 0 Å². The molecular weight excluding hydrogens is 289 g/mol. The molecule has 1 atom stereocenters. The molecule has 1 aromatic rings. The summed E-state index contributed by atoms with van der Waals surface area (Å²) in [6, 6.07) is 2.90. The zero-order chi connectivity index (χ0) is 14.8. The summed E-state index contributed by atoms with van der Waals surface area (Å²) in [5, 5.41) is 8.89. The van der Waals surface area contributed by atoms with Gasteiger partial charge in [0.1, 0.15) is 0 Å². The van der Waals surface area contributed by atoms with Gasteiger partial charge in [-0.15, -0.1) is 0 Å². The molecule has 2 rings (SSSR count). The Morgan fingerprint density at radius 2 is 2.15 bits per heavy atom. The molecule has 0 radical (unpaired) electrons. The summed E-state index contributed by atoms with van der Waals surface area (Å²) in [4.78, 5) is 3.87. The number of alkyl halides is 3. The monoisotopic (exact) mass is 298 g/mol. The summed E-state index contributed by atoms with van der Waals surface area (Å²) < 4.78 is 37.8. The first-order chi connectivity index (χ1) is 9.39. The van der Waals surface area contributed by atoms with E-state index in [2.05, 4.69) is 4.98 Å². The largest absolute Gasteiger partial charge is 0.417 e. The van der Waals surface area contributed by atoms with Crippen molar-refractivity contribution in [2.45, 2.75) is 24.4 Å². The predicted molar refractivity (Wildman–Crippen MR) is 69.1 cm³/mol. The molecule has 0 fully saturated rings. The average molecular weight is 299 g/mol. The van der Waals surface area contributed by atoms with Crippen molar-refractivity contribution in [1.82, 2.24) is 4.98 Å². The predicted octanol–water partition coefficient (Wildman–Crippen LogP) is 4.42. The second-order valence-corrected chi connectivity index (χ2v) is 4.94. The van der Waals surface area contributed by atoms with Crippen LogP contribution in [0.25, 0.3) is 0 Å². The Hall–Kier alpha value is -1.80. The van der Waals surface area contributed by atoms with Crippen LogP contribution in [-0.2, 0) is 11.6 Å². The highest BCUT2D eigenvalue weighted by Crippen LogP contribution is 2.40. The van der Waals surface area contributed by atoms with Gasteiger partial charge in [0.05, 0.1) is 28.8 Å². The molecule has 1 heterocycles. The first-order valence-corrected chi connectivity index (χ1v) is 6.21. The number of nitrogens with zero attached hydrogens (tertiary/aromatic N) is 2. The van der Waals surface area contributed by atoms with Crippen molar-refractivity contribution in [3.8, 4) is 6.07 Å². The third-order valence-electron chi connectivity index (χ3n) is 3.18. The van der Waals surface area contributed by atoms with E-state index < -0.39 is 17.2 Å². The van der Waals surface area contributed by atoms with Gasteiger partial charge in [0, 0.05) is 11.6 Å². The Balaban J connectivity index is 2.49. The van der Waals surface area contributed by atoms with E-state index in [-0.39, 0.29) is 11.4 Å². The number of hydrogen-bond acceptors (Lipinski definition) is 2. The number of hydrogen-bond donors (Lipinski definition) is 0. The summed E-state index contributed by atoms with van der Waals surface area (Å²) in [6.45, 7) is 0. The van der Waals surface area contributed by atoms with E-state index in [4.69, 9.17) is 16.9 Å². The van der Waals surface area contributed by atoms with E-state index in [1.807, 2.05) is 18.2 Å². The SMILES string of the molecule is N#CC[C@]1(c2ncc(C(F)(F)F)cc2Cl)C=CC=CC1. The first-order valence-electron chi connectivity index (χ1n) is 5.83. The Morgan fingerprint density at radius 3 is 2.65 bits per heavy atom. The van der Waals surface area contributed by atoms with Crippen molar-refractivity contribution >= 4 is 11.6 Å². The fourth-order valence-electron chi connectivity index (χ4n) is 2.16. The fourth-order valence-corrected chi connectivity index (χ4v) is 2.51. The summed E-state index contributed by atoms with van der Waals surface area (Å²) in [6.07, 6.45) is 4.02. The van der Waals surface area contributed by atoms with Crippen LogP contribution >= 0.6 is 11.6 Å². The molecule has 20 heavy (non-hydrogen) atoms. The Labute approximate surface area is 119 Å². The minimum Gasteiger partial charge on any atom is -0.258 e. The van der Waals surface area contributed by atoms with Gasteiger partial charge < -0.3 is 0 Å². The highest BCUT2D eigenvalue weighted by Gasteiger charge is 2.36. The summed E-state index contributed by atoms with van der Waals surface area (Å²) in [5.74, 6) is 0. The van der Waals surface area contributed by atoms with Crippen molar-refractivity contribution in [3.05, 3.63) is 52.8 Å². The molecule has 0 spiro atoms. The minimum atomic E-state index is -4.49. The second-order valence-electron chi connectivity index (χ2n) is 4.53. The van der Waals surface area contributed by atoms with Gasteiger partial charge in [-0.2, -0.15) is 18.4 Å². The molecule has 0 amide bonds. The molecule has 0 saturated heterocycles. The van der Waals surface area contributed by atoms with Crippen LogP contribution in [0.2, 0.25) is 5.02 Å². The van der Waals surface area contributed by atoms with Crippen molar-refractivity contribution in [1.29, 1.82) is 5.26 Å². The molecule has 0 saturated carbocycles. The van der Waals surface area contributed by atoms with E-state index in [0.29, 0.717) is 12.1 Å². The summed E-state index contributed by atoms with van der Waals surface area (Å²) in [5.41, 5.74) is -1.35. The first kappa shape index (κ1) is 14.6. The lowest BCUT2D eigenvalue weighted by Gasteiger charge is -2.29. The lowest BCUT2D eigenvalue weighted by Crippen LogP contribution is -2.26. The van der Waals surface area contributed by atoms with Crippen LogP contribution in [0.4, 0.5) is 13.2 Å². The number of nitriles is 1. The van der Waals surface area contributed by atoms with Crippen molar-refractivity contribution < 1.29 is 13.2 Å². The van der Waals surface area contributed by atoms with Crippen molar-refractivity contribution in [2.75, 3.05) is 0 Å². The standard InChI is InChI=1S/C14H10ClF3N2/c15-11-8-10(14(16,17)18)9-20-12(11)13(6-7-19)4-2-1-3-5-13/h1-4,8-9H,5-6H2/t13-/m0/s1. The lowest BCUT2D eigenvalue weighted by molar-refractivity contribution is -0.137. The van der Waals surface area contributed by atoms with Crippen molar-refractivity contribution in [2.24, 2.45) is 0 Å². The van der Waals surface area contributed by atoms with Gasteiger partial charge in [0.15, 0.2) is 0 Å². The number of rotatable bonds is 2. The maximum Gasteiger partial charge on any atom is 0.417 e. The molecule has 104 valence electrons. The second kappa shape index (κ2) is 5.29. The maximum absolute atomic E-state index is 12.6. The van der Waals surface area contributed by atoms with Crippen LogP contribution in [-0.4, -0.2) is 4.98 Å². The minimum absolute atomic E-state index is 0.0741. The smallest absolute Gasteiger partial charge is 0.258 e. The molecular formula is C14H10ClF3N2. The molecule has 0 unspecified atom stereocenters. The molecule has 2 nitrogen and oxygen atoms in total. The third kappa shape index (κ3) is 2.70. The van der Waals surface area contributed by atoms with E-state index in [1.54, 1.807) is 12.2 Å². The summed E-state index contributed by atoms with van der Waals surface area (Å²) >= 11 is 5.96. The van der Waals surface area contributed by atoms with Gasteiger partial charge in [-0.3, -0.25) is 4.98 Å². The zero-order valence-electron chi connectivity index (χ0n) is 10.3. The quantitative estimate of drug-likeness (QED) is 0.810. The number of allylic oxidation sites excluding steroid dienone is 4. The van der Waals surface area contributed by atoms with Gasteiger partial charge in [-0.1, -0.05) is 35.9 Å². The topological polar surface area (TPSA) is 36.7 Å². The molecule has 0 aliphatic heterocycles. The van der Waals surface area contributed by atoms with E-state index in [0.717, 1.165) is 12.3 Å². The fraction of sp³-hybridized carbons (Fsp3) is 0.286. The van der Waals surface area contributed by atoms with Gasteiger partial charge in [0.2, 0.25) is 0 Å². The molecule has 1 aromatic heterocycles. The molecule has 1 aliphatic rings. The van der Waals surface area contributed by atoms with Crippen LogP contribution in [0, 0.1) is 11.3 Å². The number of halogens is 4. The number of pyridine rings is 1. The van der Waals surface area contributed by atoms with Crippen LogP contribution in [0.5, 0.6) is 0 Å². The Kier molecular flexibility index (Phi) is 3.87.